The molecular weight excluding hydrogens is 1070 g/mol. The third kappa shape index (κ3) is 18.5. The van der Waals surface area contributed by atoms with E-state index in [1.807, 2.05) is 0 Å². The van der Waals surface area contributed by atoms with Gasteiger partial charge in [-0.25, -0.2) is 0 Å². The number of fused-ring (bicyclic) bond motifs is 2. The van der Waals surface area contributed by atoms with Gasteiger partial charge in [-0.1, -0.05) is 0 Å². The molecule has 25 heteroatoms. The molecule has 0 amide bonds. The highest BCUT2D eigenvalue weighted by molar-refractivity contribution is 6.00. The summed E-state index contributed by atoms with van der Waals surface area (Å²) in [4.78, 5) is 152. The Hall–Kier alpha value is -9.16. The lowest BCUT2D eigenvalue weighted by molar-refractivity contribution is -0.144. The summed E-state index contributed by atoms with van der Waals surface area (Å²) in [6.07, 6.45) is 0. The first-order valence-corrected chi connectivity index (χ1v) is 24.7. The molecule has 4 rings (SSSR count). The molecule has 0 N–H and O–H groups in total. The average molecular weight is 1140 g/mol. The highest BCUT2D eigenvalue weighted by Crippen LogP contribution is 2.47. The van der Waals surface area contributed by atoms with E-state index in [4.69, 9.17) is 61.6 Å². The average Bonchev–Trinajstić information content (AvgIpc) is 3.48. The number of ether oxygens (including phenoxy) is 13. The van der Waals surface area contributed by atoms with Gasteiger partial charge in [0.05, 0.1) is 0 Å². The summed E-state index contributed by atoms with van der Waals surface area (Å²) < 4.78 is 74.1. The van der Waals surface area contributed by atoms with Crippen LogP contribution >= 0.6 is 0 Å². The fourth-order valence-electron chi connectivity index (χ4n) is 8.44. The minimum Gasteiger partial charge on any atom is -0.461 e. The van der Waals surface area contributed by atoms with Crippen molar-refractivity contribution >= 4 is 93.2 Å². The third-order valence-corrected chi connectivity index (χ3v) is 11.6. The molecule has 0 radical (unpaired) electrons. The predicted molar refractivity (Wildman–Crippen MR) is 274 cm³/mol. The third-order valence-electron chi connectivity index (χ3n) is 11.6. The second-order valence-corrected chi connectivity index (χ2v) is 17.8. The van der Waals surface area contributed by atoms with Gasteiger partial charge in [0.2, 0.25) is 0 Å². The summed E-state index contributed by atoms with van der Waals surface area (Å²) in [7, 11) is 0. The Morgan fingerprint density at radius 1 is 0.222 bits per heavy atom. The standard InChI is InChI=1S/C56H62O25/c1-27(57)69-15-39-13-51(49(25-79-37(11)67)55-47(23-77-35(9)65)43(19-73-31(5)61)41(17-71-29(3)59)45(53(39)55)21-75-33(7)63)81-52-14-40(16-70-28(2)58)54-46(22-76-34(8)64)42(18-72-30(4)60)44(20-74-32(6)62)48(24-78-36(10)66)56(54)50(52)26-80-38(12)68/h13-14H,15-26H2,1-12H3. The summed E-state index contributed by atoms with van der Waals surface area (Å²) in [6.45, 7) is 5.93. The molecule has 0 aliphatic rings. The zero-order valence-corrected chi connectivity index (χ0v) is 46.8. The maximum Gasteiger partial charge on any atom is 0.302 e. The lowest BCUT2D eigenvalue weighted by Crippen LogP contribution is -2.18. The van der Waals surface area contributed by atoms with Gasteiger partial charge in [0, 0.05) is 150 Å². The van der Waals surface area contributed by atoms with Crippen molar-refractivity contribution in [3.05, 3.63) is 78.9 Å². The van der Waals surface area contributed by atoms with Crippen LogP contribution in [0.15, 0.2) is 12.1 Å². The van der Waals surface area contributed by atoms with Crippen LogP contribution in [0.25, 0.3) is 21.5 Å². The van der Waals surface area contributed by atoms with Crippen molar-refractivity contribution in [2.24, 2.45) is 0 Å². The normalized spacial score (nSPS) is 10.7. The monoisotopic (exact) mass is 1130 g/mol. The maximum absolute atomic E-state index is 12.9. The van der Waals surface area contributed by atoms with Crippen molar-refractivity contribution < 1.29 is 119 Å². The Morgan fingerprint density at radius 2 is 0.383 bits per heavy atom. The Bertz CT molecular complexity index is 2970. The van der Waals surface area contributed by atoms with Crippen LogP contribution in [-0.2, 0) is 194 Å². The largest absolute Gasteiger partial charge is 0.461 e. The van der Waals surface area contributed by atoms with Crippen molar-refractivity contribution in [3.8, 4) is 11.5 Å². The van der Waals surface area contributed by atoms with Gasteiger partial charge in [0.1, 0.15) is 90.8 Å². The van der Waals surface area contributed by atoms with Crippen molar-refractivity contribution in [1.82, 2.24) is 0 Å². The summed E-state index contributed by atoms with van der Waals surface area (Å²) in [5, 5.41) is 0.194. The van der Waals surface area contributed by atoms with Gasteiger partial charge < -0.3 is 61.6 Å². The van der Waals surface area contributed by atoms with Crippen molar-refractivity contribution in [3.63, 3.8) is 0 Å². The molecule has 81 heavy (non-hydrogen) atoms. The van der Waals surface area contributed by atoms with Gasteiger partial charge in [0.15, 0.2) is 0 Å². The fourth-order valence-corrected chi connectivity index (χ4v) is 8.44. The molecule has 0 aromatic heterocycles. The predicted octanol–water partition coefficient (Wildman–Crippen LogP) is 6.54. The number of hydrogen-bond donors (Lipinski definition) is 0. The Kier molecular flexibility index (Phi) is 23.6. The SMILES string of the molecule is CC(=O)OCc1c(COC(C)=O)c(COC(C)=O)c2c(COC(C)=O)c(Oc3cc(COC(C)=O)c4c(COC(C)=O)c(COC(C)=O)c(COC(C)=O)c(COC(C)=O)c4c3COC(C)=O)cc(COC(C)=O)c2c1COC(C)=O. The number of esters is 12. The summed E-state index contributed by atoms with van der Waals surface area (Å²) in [5.74, 6) is -10.1. The van der Waals surface area contributed by atoms with Crippen LogP contribution in [0.3, 0.4) is 0 Å². The Balaban J connectivity index is 2.55. The molecular formula is C56H62O25. The van der Waals surface area contributed by atoms with E-state index in [0.29, 0.717) is 0 Å². The molecule has 0 heterocycles. The number of carbonyl (C=O) groups excluding carboxylic acids is 12. The van der Waals surface area contributed by atoms with Crippen LogP contribution < -0.4 is 4.74 Å². The Labute approximate surface area is 463 Å². The molecule has 436 valence electrons. The number of rotatable bonds is 26. The van der Waals surface area contributed by atoms with E-state index in [0.717, 1.165) is 83.1 Å². The van der Waals surface area contributed by atoms with Gasteiger partial charge in [-0.05, 0) is 33.7 Å². The smallest absolute Gasteiger partial charge is 0.302 e. The topological polar surface area (TPSA) is 325 Å². The molecule has 0 spiro atoms. The molecule has 0 aliphatic carbocycles. The minimum absolute atomic E-state index is 0.00786. The van der Waals surface area contributed by atoms with Gasteiger partial charge in [0.25, 0.3) is 0 Å². The van der Waals surface area contributed by atoms with Crippen LogP contribution in [0.4, 0.5) is 0 Å². The van der Waals surface area contributed by atoms with Crippen LogP contribution in [0, 0.1) is 0 Å². The molecule has 4 aromatic carbocycles. The molecule has 0 aliphatic heterocycles. The summed E-state index contributed by atoms with van der Waals surface area (Å²) in [5.41, 5.74) is 0.464. The second-order valence-electron chi connectivity index (χ2n) is 17.8. The molecule has 0 atom stereocenters. The molecule has 25 nitrogen and oxygen atoms in total. The van der Waals surface area contributed by atoms with E-state index in [1.165, 1.54) is 12.1 Å². The van der Waals surface area contributed by atoms with E-state index in [2.05, 4.69) is 0 Å². The first-order valence-electron chi connectivity index (χ1n) is 24.7. The van der Waals surface area contributed by atoms with Gasteiger partial charge in [-0.15, -0.1) is 0 Å². The van der Waals surface area contributed by atoms with Gasteiger partial charge in [-0.2, -0.15) is 0 Å². The van der Waals surface area contributed by atoms with Crippen LogP contribution in [0.1, 0.15) is 150 Å². The fraction of sp³-hybridized carbons (Fsp3) is 0.429. The van der Waals surface area contributed by atoms with Crippen molar-refractivity contribution in [2.45, 2.75) is 162 Å². The molecule has 0 fully saturated rings. The molecule has 0 bridgehead atoms. The van der Waals surface area contributed by atoms with E-state index in [9.17, 15) is 57.5 Å². The summed E-state index contributed by atoms with van der Waals surface area (Å²) >= 11 is 0. The number of benzene rings is 4. The zero-order chi connectivity index (χ0) is 60.4. The first-order chi connectivity index (χ1) is 38.1. The number of carbonyl (C=O) groups is 12. The first kappa shape index (κ1) is 64.4. The Morgan fingerprint density at radius 3 is 0.580 bits per heavy atom. The number of hydrogen-bond acceptors (Lipinski definition) is 25. The second kappa shape index (κ2) is 29.7. The van der Waals surface area contributed by atoms with E-state index < -0.39 is 151 Å². The zero-order valence-electron chi connectivity index (χ0n) is 46.8. The molecule has 0 unspecified atom stereocenters. The van der Waals surface area contributed by atoms with E-state index >= 15 is 0 Å². The van der Waals surface area contributed by atoms with Crippen LogP contribution in [0.5, 0.6) is 11.5 Å². The van der Waals surface area contributed by atoms with Crippen LogP contribution in [0.2, 0.25) is 0 Å². The van der Waals surface area contributed by atoms with Crippen molar-refractivity contribution in [1.29, 1.82) is 0 Å². The lowest BCUT2D eigenvalue weighted by Gasteiger charge is -2.28. The van der Waals surface area contributed by atoms with Crippen LogP contribution in [-0.4, -0.2) is 71.6 Å². The van der Waals surface area contributed by atoms with E-state index in [1.54, 1.807) is 0 Å². The van der Waals surface area contributed by atoms with Crippen molar-refractivity contribution in [2.75, 3.05) is 0 Å². The minimum atomic E-state index is -0.836. The lowest BCUT2D eigenvalue weighted by atomic mass is 9.84. The van der Waals surface area contributed by atoms with E-state index in [-0.39, 0.29) is 99.8 Å². The quantitative estimate of drug-likeness (QED) is 0.0475. The van der Waals surface area contributed by atoms with Gasteiger partial charge in [-0.3, -0.25) is 57.5 Å². The van der Waals surface area contributed by atoms with Gasteiger partial charge >= 0.3 is 71.6 Å². The summed E-state index contributed by atoms with van der Waals surface area (Å²) in [6, 6.07) is 2.70. The molecule has 0 saturated heterocycles. The molecule has 4 aromatic rings. The molecule has 0 saturated carbocycles. The highest BCUT2D eigenvalue weighted by Gasteiger charge is 2.32. The highest BCUT2D eigenvalue weighted by atomic mass is 16.6. The maximum atomic E-state index is 12.9.